The average molecular weight is 589 g/mol. The molecule has 3 aliphatic rings. The molecular weight excluding hydrogens is 553 g/mol. The van der Waals surface area contributed by atoms with Gasteiger partial charge < -0.3 is 19.3 Å². The maximum atomic E-state index is 13.8. The number of rotatable bonds is 7. The second-order valence-electron chi connectivity index (χ2n) is 10.9. The first-order valence-corrected chi connectivity index (χ1v) is 14.2. The molecule has 0 radical (unpaired) electrons. The van der Waals surface area contributed by atoms with E-state index in [2.05, 4.69) is 4.90 Å². The molecule has 226 valence electrons. The number of hydrogen-bond acceptors (Lipinski definition) is 6. The van der Waals surface area contributed by atoms with E-state index in [9.17, 15) is 27.6 Å². The highest BCUT2D eigenvalue weighted by atomic mass is 19.4. The number of alkyl halides is 3. The lowest BCUT2D eigenvalue weighted by Crippen LogP contribution is -2.71. The van der Waals surface area contributed by atoms with E-state index in [4.69, 9.17) is 9.47 Å². The number of aryl methyl sites for hydroxylation is 1. The quantitative estimate of drug-likeness (QED) is 0.492. The van der Waals surface area contributed by atoms with Crippen LogP contribution in [0, 0.1) is 6.92 Å². The highest BCUT2D eigenvalue weighted by Gasteiger charge is 2.49. The molecule has 0 bridgehead atoms. The van der Waals surface area contributed by atoms with E-state index in [0.717, 1.165) is 30.8 Å². The minimum atomic E-state index is -4.52. The minimum absolute atomic E-state index is 0.0221. The van der Waals surface area contributed by atoms with Crippen molar-refractivity contribution >= 4 is 17.9 Å². The van der Waals surface area contributed by atoms with Crippen molar-refractivity contribution in [3.63, 3.8) is 0 Å². The molecular formula is C30H35F3N4O5. The van der Waals surface area contributed by atoms with Crippen molar-refractivity contribution in [1.82, 2.24) is 19.6 Å². The maximum absolute atomic E-state index is 13.8. The van der Waals surface area contributed by atoms with Gasteiger partial charge in [-0.25, -0.2) is 4.79 Å². The van der Waals surface area contributed by atoms with Crippen LogP contribution in [0.4, 0.5) is 18.0 Å². The van der Waals surface area contributed by atoms with Crippen molar-refractivity contribution in [3.05, 3.63) is 70.8 Å². The van der Waals surface area contributed by atoms with Crippen molar-refractivity contribution in [2.45, 2.75) is 51.3 Å². The molecule has 3 amide bonds. The first-order valence-electron chi connectivity index (χ1n) is 14.2. The summed E-state index contributed by atoms with van der Waals surface area (Å²) in [7, 11) is 0. The van der Waals surface area contributed by atoms with E-state index >= 15 is 0 Å². The zero-order valence-electron chi connectivity index (χ0n) is 23.5. The average Bonchev–Trinajstić information content (AvgIpc) is 2.96. The van der Waals surface area contributed by atoms with E-state index < -0.39 is 30.0 Å². The largest absolute Gasteiger partial charge is 0.444 e. The summed E-state index contributed by atoms with van der Waals surface area (Å²) >= 11 is 0. The van der Waals surface area contributed by atoms with Gasteiger partial charge in [-0.1, -0.05) is 42.0 Å². The number of benzene rings is 2. The Hall–Kier alpha value is -3.64. The molecule has 12 heteroatoms. The Morgan fingerprint density at radius 1 is 1.02 bits per heavy atom. The van der Waals surface area contributed by atoms with Crippen LogP contribution in [0.1, 0.15) is 35.1 Å². The zero-order valence-corrected chi connectivity index (χ0v) is 23.5. The van der Waals surface area contributed by atoms with E-state index in [1.807, 2.05) is 30.3 Å². The SMILES string of the molecule is Cc1cc(COC(=O)N2CCC(=O)N3[C@@H]2CN(Cc2ccccc2)C(=O)[C@@H]3CCN2CCOCC2)cc(C(F)(F)F)c1. The van der Waals surface area contributed by atoms with Gasteiger partial charge in [0.2, 0.25) is 11.8 Å². The van der Waals surface area contributed by atoms with Gasteiger partial charge in [-0.2, -0.15) is 13.2 Å². The molecule has 0 unspecified atom stereocenters. The van der Waals surface area contributed by atoms with Crippen LogP contribution < -0.4 is 0 Å². The van der Waals surface area contributed by atoms with Gasteiger partial charge in [-0.15, -0.1) is 0 Å². The summed E-state index contributed by atoms with van der Waals surface area (Å²) in [6, 6.07) is 12.3. The molecule has 3 saturated heterocycles. The van der Waals surface area contributed by atoms with Crippen LogP contribution >= 0.6 is 0 Å². The number of halogens is 3. The number of amides is 3. The molecule has 0 N–H and O–H groups in total. The first-order chi connectivity index (χ1) is 20.1. The monoisotopic (exact) mass is 588 g/mol. The van der Waals surface area contributed by atoms with E-state index in [-0.39, 0.29) is 43.5 Å². The van der Waals surface area contributed by atoms with E-state index in [1.165, 1.54) is 15.9 Å². The summed E-state index contributed by atoms with van der Waals surface area (Å²) in [6.07, 6.45) is -5.59. The Morgan fingerprint density at radius 3 is 2.48 bits per heavy atom. The second kappa shape index (κ2) is 12.7. The van der Waals surface area contributed by atoms with Gasteiger partial charge >= 0.3 is 12.3 Å². The molecule has 0 spiro atoms. The third-order valence-corrected chi connectivity index (χ3v) is 7.95. The number of fused-ring (bicyclic) bond motifs is 1. The lowest BCUT2D eigenvalue weighted by molar-refractivity contribution is -0.169. The fourth-order valence-corrected chi connectivity index (χ4v) is 5.88. The van der Waals surface area contributed by atoms with Crippen LogP contribution in [0.15, 0.2) is 48.5 Å². The predicted molar refractivity (Wildman–Crippen MR) is 146 cm³/mol. The number of carbonyl (C=O) groups is 3. The molecule has 2 aromatic carbocycles. The normalized spacial score (nSPS) is 21.9. The molecule has 0 aromatic heterocycles. The third-order valence-electron chi connectivity index (χ3n) is 7.95. The Balaban J connectivity index is 1.35. The molecule has 2 atom stereocenters. The van der Waals surface area contributed by atoms with Gasteiger partial charge in [0.25, 0.3) is 0 Å². The minimum Gasteiger partial charge on any atom is -0.444 e. The predicted octanol–water partition coefficient (Wildman–Crippen LogP) is 3.64. The number of carbonyl (C=O) groups excluding carboxylic acids is 3. The maximum Gasteiger partial charge on any atom is 0.416 e. The lowest BCUT2D eigenvalue weighted by Gasteiger charge is -2.52. The highest BCUT2D eigenvalue weighted by Crippen LogP contribution is 2.32. The topological polar surface area (TPSA) is 82.6 Å². The van der Waals surface area contributed by atoms with Crippen molar-refractivity contribution in [1.29, 1.82) is 0 Å². The third kappa shape index (κ3) is 6.87. The van der Waals surface area contributed by atoms with Gasteiger partial charge in [-0.05, 0) is 36.6 Å². The van der Waals surface area contributed by atoms with Gasteiger partial charge in [-0.3, -0.25) is 19.4 Å². The van der Waals surface area contributed by atoms with Crippen LogP contribution in [0.2, 0.25) is 0 Å². The van der Waals surface area contributed by atoms with Gasteiger partial charge in [0.15, 0.2) is 0 Å². The number of morpholine rings is 1. The fraction of sp³-hybridized carbons (Fsp3) is 0.500. The Bertz CT molecular complexity index is 1290. The summed E-state index contributed by atoms with van der Waals surface area (Å²) in [5.74, 6) is -0.386. The molecule has 9 nitrogen and oxygen atoms in total. The number of ether oxygens (including phenoxy) is 2. The molecule has 3 aliphatic heterocycles. The Labute approximate surface area is 242 Å². The smallest absolute Gasteiger partial charge is 0.416 e. The van der Waals surface area contributed by atoms with Crippen molar-refractivity contribution in [3.8, 4) is 0 Å². The molecule has 3 heterocycles. The zero-order chi connectivity index (χ0) is 29.9. The van der Waals surface area contributed by atoms with Gasteiger partial charge in [0, 0.05) is 39.1 Å². The number of nitrogens with zero attached hydrogens (tertiary/aromatic N) is 4. The Morgan fingerprint density at radius 2 is 1.76 bits per heavy atom. The standard InChI is InChI=1S/C30H35F3N4O5/c1-21-15-23(17-24(16-21)30(31,32)33)20-42-29(40)36-10-8-27(38)37-25(7-9-34-11-13-41-14-12-34)28(39)35(19-26(36)37)18-22-5-3-2-4-6-22/h2-6,15-17,25-26H,7-14,18-20H2,1H3/t25-,26+/m0/s1. The molecule has 5 rings (SSSR count). The number of piperazine rings is 1. The van der Waals surface area contributed by atoms with Crippen LogP contribution in [-0.4, -0.2) is 95.7 Å². The summed E-state index contributed by atoms with van der Waals surface area (Å²) in [5.41, 5.74) is 0.723. The summed E-state index contributed by atoms with van der Waals surface area (Å²) < 4.78 is 50.9. The van der Waals surface area contributed by atoms with Crippen LogP contribution in [-0.2, 0) is 38.4 Å². The summed E-state index contributed by atoms with van der Waals surface area (Å²) in [5, 5.41) is 0. The van der Waals surface area contributed by atoms with Crippen molar-refractivity contribution in [2.24, 2.45) is 0 Å². The van der Waals surface area contributed by atoms with E-state index in [0.29, 0.717) is 38.3 Å². The summed E-state index contributed by atoms with van der Waals surface area (Å²) in [4.78, 5) is 47.2. The van der Waals surface area contributed by atoms with E-state index in [1.54, 1.807) is 11.8 Å². The molecule has 42 heavy (non-hydrogen) atoms. The van der Waals surface area contributed by atoms with Crippen LogP contribution in [0.5, 0.6) is 0 Å². The van der Waals surface area contributed by atoms with Crippen molar-refractivity contribution in [2.75, 3.05) is 45.9 Å². The molecule has 3 fully saturated rings. The van der Waals surface area contributed by atoms with Crippen LogP contribution in [0.3, 0.4) is 0 Å². The second-order valence-corrected chi connectivity index (χ2v) is 10.9. The first kappa shape index (κ1) is 29.8. The van der Waals surface area contributed by atoms with Crippen molar-refractivity contribution < 1.29 is 37.0 Å². The molecule has 0 aliphatic carbocycles. The molecule has 0 saturated carbocycles. The van der Waals surface area contributed by atoms with Gasteiger partial charge in [0.05, 0.1) is 25.3 Å². The fourth-order valence-electron chi connectivity index (χ4n) is 5.88. The number of hydrogen-bond donors (Lipinski definition) is 0. The lowest BCUT2D eigenvalue weighted by atomic mass is 10.0. The van der Waals surface area contributed by atoms with Gasteiger partial charge in [0.1, 0.15) is 18.8 Å². The highest BCUT2D eigenvalue weighted by molar-refractivity contribution is 5.90. The Kier molecular flexibility index (Phi) is 9.02. The molecule has 2 aromatic rings. The van der Waals surface area contributed by atoms with Crippen LogP contribution in [0.25, 0.3) is 0 Å². The summed E-state index contributed by atoms with van der Waals surface area (Å²) in [6.45, 7) is 4.98.